The van der Waals surface area contributed by atoms with Crippen LogP contribution in [0.3, 0.4) is 0 Å². The molecule has 43 heavy (non-hydrogen) atoms. The van der Waals surface area contributed by atoms with Crippen molar-refractivity contribution in [1.82, 2.24) is 9.21 Å². The number of unbranched alkanes of at least 4 members (excludes halogenated alkanes) is 4. The van der Waals surface area contributed by atoms with E-state index in [2.05, 4.69) is 4.90 Å². The van der Waals surface area contributed by atoms with Gasteiger partial charge >= 0.3 is 6.18 Å². The van der Waals surface area contributed by atoms with Gasteiger partial charge in [0.1, 0.15) is 0 Å². The second-order valence-corrected chi connectivity index (χ2v) is 12.9. The Kier molecular flexibility index (Phi) is 10.4. The fraction of sp³-hybridized carbons (Fsp3) is 0.452. The highest BCUT2D eigenvalue weighted by atomic mass is 32.2. The van der Waals surface area contributed by atoms with Crippen LogP contribution in [0.25, 0.3) is 0 Å². The van der Waals surface area contributed by atoms with Crippen molar-refractivity contribution >= 4 is 27.5 Å². The van der Waals surface area contributed by atoms with Crippen molar-refractivity contribution in [3.05, 3.63) is 76.4 Å². The van der Waals surface area contributed by atoms with E-state index in [0.29, 0.717) is 50.7 Å². The summed E-state index contributed by atoms with van der Waals surface area (Å²) in [4.78, 5) is 28.8. The van der Waals surface area contributed by atoms with E-state index in [0.717, 1.165) is 48.8 Å². The van der Waals surface area contributed by atoms with Gasteiger partial charge in [-0.05, 0) is 56.5 Å². The largest absolute Gasteiger partial charge is 0.417 e. The molecular weight excluding hydrogens is 581 g/mol. The molecule has 0 N–H and O–H groups in total. The Morgan fingerprint density at radius 3 is 2.19 bits per heavy atom. The van der Waals surface area contributed by atoms with Gasteiger partial charge in [0.05, 0.1) is 28.6 Å². The molecule has 0 saturated carbocycles. The predicted octanol–water partition coefficient (Wildman–Crippen LogP) is 5.25. The first-order valence-corrected chi connectivity index (χ1v) is 16.0. The van der Waals surface area contributed by atoms with Crippen LogP contribution in [0.2, 0.25) is 0 Å². The Morgan fingerprint density at radius 1 is 0.884 bits per heavy atom. The number of hydrogen-bond acceptors (Lipinski definition) is 6. The Balaban J connectivity index is 1.17. The smallest absolute Gasteiger partial charge is 0.301 e. The van der Waals surface area contributed by atoms with Gasteiger partial charge in [0.25, 0.3) is 11.8 Å². The number of hydrogen-bond donors (Lipinski definition) is 0. The van der Waals surface area contributed by atoms with Crippen LogP contribution in [0.4, 0.5) is 18.9 Å². The van der Waals surface area contributed by atoms with Gasteiger partial charge in [-0.25, -0.2) is 13.3 Å². The average molecular weight is 617 g/mol. The number of sulfonamides is 1. The number of carbonyl (C=O) groups is 2. The summed E-state index contributed by atoms with van der Waals surface area (Å²) < 4.78 is 67.3. The average Bonchev–Trinajstić information content (AvgIpc) is 3.19. The van der Waals surface area contributed by atoms with Crippen molar-refractivity contribution in [2.24, 2.45) is 0 Å². The molecule has 0 atom stereocenters. The van der Waals surface area contributed by atoms with Crippen molar-refractivity contribution in [2.75, 3.05) is 37.6 Å². The lowest BCUT2D eigenvalue weighted by molar-refractivity contribution is -0.138. The molecule has 12 heteroatoms. The summed E-state index contributed by atoms with van der Waals surface area (Å²) in [5.41, 5.74) is -0.645. The molecule has 0 aromatic heterocycles. The second kappa shape index (κ2) is 13.8. The molecular formula is C31H35F3N4O4S. The minimum atomic E-state index is -4.80. The number of anilines is 1. The van der Waals surface area contributed by atoms with Crippen molar-refractivity contribution in [1.29, 1.82) is 5.26 Å². The van der Waals surface area contributed by atoms with Crippen molar-refractivity contribution in [3.63, 3.8) is 0 Å². The summed E-state index contributed by atoms with van der Waals surface area (Å²) in [5, 5.41) is 9.02. The van der Waals surface area contributed by atoms with Crippen LogP contribution >= 0.6 is 0 Å². The predicted molar refractivity (Wildman–Crippen MR) is 156 cm³/mol. The number of piperazine rings is 1. The fourth-order valence-electron chi connectivity index (χ4n) is 5.49. The summed E-state index contributed by atoms with van der Waals surface area (Å²) in [6, 6.07) is 13.5. The molecule has 4 rings (SSSR count). The molecule has 0 bridgehead atoms. The zero-order valence-corrected chi connectivity index (χ0v) is 24.9. The van der Waals surface area contributed by atoms with E-state index in [1.807, 2.05) is 30.3 Å². The van der Waals surface area contributed by atoms with E-state index in [4.69, 9.17) is 5.26 Å². The van der Waals surface area contributed by atoms with E-state index < -0.39 is 39.1 Å². The molecule has 2 heterocycles. The maximum Gasteiger partial charge on any atom is 0.417 e. The first-order chi connectivity index (χ1) is 20.4. The third-order valence-electron chi connectivity index (χ3n) is 7.94. The van der Waals surface area contributed by atoms with Crippen LogP contribution in [0.5, 0.6) is 0 Å². The van der Waals surface area contributed by atoms with Gasteiger partial charge in [-0.1, -0.05) is 49.6 Å². The van der Waals surface area contributed by atoms with Crippen LogP contribution in [0.1, 0.15) is 62.1 Å². The Hall–Kier alpha value is -3.53. The van der Waals surface area contributed by atoms with Gasteiger partial charge in [0.15, 0.2) is 0 Å². The third-order valence-corrected chi connectivity index (χ3v) is 9.79. The molecule has 1 saturated heterocycles. The summed E-state index contributed by atoms with van der Waals surface area (Å²) in [7, 11) is -3.35. The van der Waals surface area contributed by atoms with Gasteiger partial charge in [0.2, 0.25) is 10.0 Å². The zero-order chi connectivity index (χ0) is 31.2. The Labute approximate surface area is 250 Å². The van der Waals surface area contributed by atoms with Crippen LogP contribution in [0.15, 0.2) is 59.7 Å². The first kappa shape index (κ1) is 32.4. The SMILES string of the molecule is CC1=C(CCCCCCCN2CCN(S(=O)(=O)Cc3ccccc3)CC2)C(=O)N(c2ccc(C#N)c(C(F)(F)F)c2)C1=O. The van der Waals surface area contributed by atoms with Crippen LogP contribution in [-0.4, -0.2) is 62.2 Å². The fourth-order valence-corrected chi connectivity index (χ4v) is 7.01. The highest BCUT2D eigenvalue weighted by Gasteiger charge is 2.39. The number of benzene rings is 2. The topological polar surface area (TPSA) is 102 Å². The molecule has 0 spiro atoms. The van der Waals surface area contributed by atoms with Crippen LogP contribution < -0.4 is 4.90 Å². The summed E-state index contributed by atoms with van der Waals surface area (Å²) >= 11 is 0. The number of alkyl halides is 3. The normalized spacial score (nSPS) is 17.1. The number of halogens is 3. The number of nitrogens with zero attached hydrogens (tertiary/aromatic N) is 4. The molecule has 2 aromatic carbocycles. The molecule has 1 fully saturated rings. The number of nitriles is 1. The molecule has 2 aromatic rings. The highest BCUT2D eigenvalue weighted by molar-refractivity contribution is 7.88. The summed E-state index contributed by atoms with van der Waals surface area (Å²) in [6.07, 6.45) is -0.0883. The quantitative estimate of drug-likeness (QED) is 0.238. The Bertz CT molecular complexity index is 1510. The van der Waals surface area contributed by atoms with Gasteiger partial charge in [0, 0.05) is 37.3 Å². The standard InChI is InChI=1S/C31H35F3N4O4S/c1-23-27(30(40)38(29(23)39)26-14-13-25(21-35)28(20-26)31(32,33)34)12-8-3-2-4-9-15-36-16-18-37(19-17-36)43(41,42)22-24-10-6-5-7-11-24/h5-7,10-11,13-14,20H,2-4,8-9,12,15-19,22H2,1H3. The molecule has 2 aliphatic rings. The Morgan fingerprint density at radius 2 is 1.53 bits per heavy atom. The lowest BCUT2D eigenvalue weighted by atomic mass is 10.0. The van der Waals surface area contributed by atoms with Crippen molar-refractivity contribution in [3.8, 4) is 6.07 Å². The number of rotatable bonds is 12. The number of imide groups is 1. The minimum absolute atomic E-state index is 0.0104. The molecule has 0 aliphatic carbocycles. The van der Waals surface area contributed by atoms with Gasteiger partial charge < -0.3 is 4.90 Å². The van der Waals surface area contributed by atoms with Gasteiger partial charge in [-0.2, -0.15) is 22.7 Å². The monoisotopic (exact) mass is 616 g/mol. The minimum Gasteiger partial charge on any atom is -0.301 e. The maximum atomic E-state index is 13.4. The van der Waals surface area contributed by atoms with Crippen LogP contribution in [-0.2, 0) is 31.5 Å². The maximum absolute atomic E-state index is 13.4. The van der Waals surface area contributed by atoms with E-state index in [1.165, 1.54) is 19.1 Å². The lowest BCUT2D eigenvalue weighted by Gasteiger charge is -2.34. The van der Waals surface area contributed by atoms with E-state index in [9.17, 15) is 31.2 Å². The van der Waals surface area contributed by atoms with Gasteiger partial charge in [-0.15, -0.1) is 0 Å². The first-order valence-electron chi connectivity index (χ1n) is 14.4. The molecule has 2 amide bonds. The number of amides is 2. The lowest BCUT2D eigenvalue weighted by Crippen LogP contribution is -2.49. The zero-order valence-electron chi connectivity index (χ0n) is 24.1. The van der Waals surface area contributed by atoms with Gasteiger partial charge in [-0.3, -0.25) is 9.59 Å². The highest BCUT2D eigenvalue weighted by Crippen LogP contribution is 2.37. The molecule has 0 unspecified atom stereocenters. The second-order valence-electron chi connectivity index (χ2n) is 10.9. The van der Waals surface area contributed by atoms with Crippen molar-refractivity contribution < 1.29 is 31.2 Å². The van der Waals surface area contributed by atoms with E-state index in [1.54, 1.807) is 4.31 Å². The number of carbonyl (C=O) groups excluding carboxylic acids is 2. The summed E-state index contributed by atoms with van der Waals surface area (Å²) in [6.45, 7) is 4.73. The van der Waals surface area contributed by atoms with Crippen LogP contribution in [0, 0.1) is 11.3 Å². The van der Waals surface area contributed by atoms with Crippen molar-refractivity contribution in [2.45, 2.75) is 57.4 Å². The third kappa shape index (κ3) is 7.90. The van der Waals surface area contributed by atoms with E-state index >= 15 is 0 Å². The molecule has 8 nitrogen and oxygen atoms in total. The van der Waals surface area contributed by atoms with E-state index in [-0.39, 0.29) is 17.0 Å². The molecule has 2 aliphatic heterocycles. The summed E-state index contributed by atoms with van der Waals surface area (Å²) in [5.74, 6) is -1.26. The molecule has 0 radical (unpaired) electrons. The molecule has 230 valence electrons.